The van der Waals surface area contributed by atoms with Crippen molar-refractivity contribution in [3.8, 4) is 0 Å². The average molecular weight is 826 g/mol. The van der Waals surface area contributed by atoms with E-state index in [0.29, 0.717) is 26.2 Å². The third kappa shape index (κ3) is 8.31. The molecule has 58 heavy (non-hydrogen) atoms. The van der Waals surface area contributed by atoms with Gasteiger partial charge in [-0.3, -0.25) is 38.6 Å². The Kier molecular flexibility index (Phi) is 11.9. The molecule has 2 atom stereocenters. The number of hydrogen-bond acceptors (Lipinski definition) is 12. The van der Waals surface area contributed by atoms with Gasteiger partial charge in [-0.05, 0) is 72.8 Å². The van der Waals surface area contributed by atoms with Crippen molar-refractivity contribution in [2.75, 3.05) is 49.2 Å². The quantitative estimate of drug-likeness (QED) is 0.110. The van der Waals surface area contributed by atoms with Crippen LogP contribution in [0.3, 0.4) is 0 Å². The largest absolute Gasteiger partial charge is 0.454 e. The maximum Gasteiger partial charge on any atom is 0.338 e. The Hall–Kier alpha value is -6.06. The minimum atomic E-state index is -0.760. The fraction of sp³-hybridized carbons (Fsp3) is 0.238. The minimum absolute atomic E-state index is 0.0529. The lowest BCUT2D eigenvalue weighted by Crippen LogP contribution is -2.56. The molecule has 3 aliphatic heterocycles. The van der Waals surface area contributed by atoms with Gasteiger partial charge in [-0.15, -0.1) is 0 Å². The monoisotopic (exact) mass is 824 g/mol. The number of imide groups is 2. The number of carbonyl (C=O) groups is 8. The lowest BCUT2D eigenvalue weighted by Gasteiger charge is -2.38. The summed E-state index contributed by atoms with van der Waals surface area (Å²) in [5.74, 6) is -4.10. The number of carbonyl (C=O) groups excluding carboxylic acids is 8. The molecule has 16 heteroatoms. The highest BCUT2D eigenvalue weighted by Gasteiger charge is 2.47. The van der Waals surface area contributed by atoms with Crippen molar-refractivity contribution >= 4 is 81.7 Å². The molecule has 3 fully saturated rings. The minimum Gasteiger partial charge on any atom is -0.454 e. The van der Waals surface area contributed by atoms with Crippen LogP contribution in [0, 0.1) is 0 Å². The molecular formula is C42H34Cl2N4O10. The highest BCUT2D eigenvalue weighted by molar-refractivity contribution is 6.34. The molecule has 0 bridgehead atoms. The van der Waals surface area contributed by atoms with Crippen LogP contribution >= 0.6 is 23.2 Å². The molecule has 4 amide bonds. The first-order valence-electron chi connectivity index (χ1n) is 18.2. The Bertz CT molecular complexity index is 2160. The van der Waals surface area contributed by atoms with Crippen LogP contribution in [0.25, 0.3) is 0 Å². The van der Waals surface area contributed by atoms with Crippen LogP contribution in [-0.2, 0) is 28.7 Å². The number of anilines is 2. The molecule has 0 aromatic heterocycles. The Balaban J connectivity index is 0.897. The van der Waals surface area contributed by atoms with Gasteiger partial charge < -0.3 is 9.47 Å². The third-order valence-electron chi connectivity index (χ3n) is 10.2. The summed E-state index contributed by atoms with van der Waals surface area (Å²) in [6, 6.07) is 22.8. The number of benzene rings is 4. The first kappa shape index (κ1) is 40.1. The van der Waals surface area contributed by atoms with Gasteiger partial charge in [0.05, 0.1) is 57.5 Å². The van der Waals surface area contributed by atoms with E-state index in [0.717, 1.165) is 9.80 Å². The zero-order chi connectivity index (χ0) is 41.1. The summed E-state index contributed by atoms with van der Waals surface area (Å²) in [5, 5.41) is 0.485. The zero-order valence-electron chi connectivity index (χ0n) is 30.7. The summed E-state index contributed by atoms with van der Waals surface area (Å²) in [5.41, 5.74) is 1.27. The number of nitrogens with zero attached hydrogens (tertiary/aromatic N) is 4. The summed E-state index contributed by atoms with van der Waals surface area (Å²) < 4.78 is 10.3. The van der Waals surface area contributed by atoms with E-state index >= 15 is 0 Å². The molecule has 14 nitrogen and oxygen atoms in total. The van der Waals surface area contributed by atoms with Crippen molar-refractivity contribution in [2.24, 2.45) is 0 Å². The van der Waals surface area contributed by atoms with E-state index in [1.807, 2.05) is 9.80 Å². The Labute approximate surface area is 341 Å². The van der Waals surface area contributed by atoms with Crippen LogP contribution in [0.5, 0.6) is 0 Å². The number of esters is 2. The number of rotatable bonds is 12. The van der Waals surface area contributed by atoms with E-state index < -0.39 is 72.4 Å². The number of piperazine rings is 1. The van der Waals surface area contributed by atoms with Gasteiger partial charge in [0.25, 0.3) is 11.8 Å². The van der Waals surface area contributed by atoms with E-state index in [9.17, 15) is 38.4 Å². The first-order valence-corrected chi connectivity index (χ1v) is 19.0. The molecule has 4 aromatic rings. The van der Waals surface area contributed by atoms with Crippen molar-refractivity contribution in [1.82, 2.24) is 9.80 Å². The molecule has 0 saturated carbocycles. The Morgan fingerprint density at radius 2 is 0.862 bits per heavy atom. The van der Waals surface area contributed by atoms with E-state index in [1.54, 1.807) is 36.4 Å². The van der Waals surface area contributed by atoms with Gasteiger partial charge in [0.1, 0.15) is 0 Å². The number of hydrogen-bond donors (Lipinski definition) is 0. The van der Waals surface area contributed by atoms with Gasteiger partial charge in [-0.2, -0.15) is 0 Å². The second-order valence-electron chi connectivity index (χ2n) is 13.7. The summed E-state index contributed by atoms with van der Waals surface area (Å²) in [7, 11) is 0. The van der Waals surface area contributed by atoms with Gasteiger partial charge in [-0.1, -0.05) is 47.5 Å². The molecule has 2 unspecified atom stereocenters. The molecule has 0 aliphatic carbocycles. The first-order chi connectivity index (χ1) is 27.9. The lowest BCUT2D eigenvalue weighted by molar-refractivity contribution is -0.126. The molecule has 3 saturated heterocycles. The standard InChI is InChI=1S/C42H34Cl2N4O10/c43-31-7-3-1-5-29(31)35(49)23-57-41(55)25-9-13-27(14-10-25)47-37(51)21-33(39(47)53)45-17-19-46(20-18-45)34-22-38(52)48(40(34)54)28-15-11-26(12-16-28)42(56)58-24-36(50)30-6-2-4-8-32(30)44/h1-16,33-34H,17-24H2. The number of ether oxygens (including phenoxy) is 2. The van der Waals surface area contributed by atoms with Crippen molar-refractivity contribution in [3.63, 3.8) is 0 Å². The second kappa shape index (κ2) is 17.2. The maximum absolute atomic E-state index is 13.6. The van der Waals surface area contributed by atoms with Crippen LogP contribution in [0.15, 0.2) is 97.1 Å². The lowest BCUT2D eigenvalue weighted by atomic mass is 10.1. The molecule has 3 heterocycles. The smallest absolute Gasteiger partial charge is 0.338 e. The Morgan fingerprint density at radius 3 is 1.21 bits per heavy atom. The molecule has 4 aromatic carbocycles. The topological polar surface area (TPSA) is 168 Å². The van der Waals surface area contributed by atoms with Crippen molar-refractivity contribution < 1.29 is 47.8 Å². The van der Waals surface area contributed by atoms with Gasteiger partial charge >= 0.3 is 11.9 Å². The van der Waals surface area contributed by atoms with Crippen LogP contribution < -0.4 is 9.80 Å². The number of halogens is 2. The summed E-state index contributed by atoms with van der Waals surface area (Å²) in [6.45, 7) is 0.425. The average Bonchev–Trinajstić information content (AvgIpc) is 3.71. The van der Waals surface area contributed by atoms with Crippen LogP contribution in [-0.4, -0.2) is 108 Å². The fourth-order valence-corrected chi connectivity index (χ4v) is 7.64. The second-order valence-corrected chi connectivity index (χ2v) is 14.5. The molecule has 7 rings (SSSR count). The zero-order valence-corrected chi connectivity index (χ0v) is 32.2. The van der Waals surface area contributed by atoms with Crippen LogP contribution in [0.4, 0.5) is 11.4 Å². The number of Topliss-reactive ketones (excluding diaryl/α,β-unsaturated/α-hetero) is 2. The van der Waals surface area contributed by atoms with Crippen molar-refractivity contribution in [2.45, 2.75) is 24.9 Å². The van der Waals surface area contributed by atoms with Gasteiger partial charge in [0.15, 0.2) is 13.2 Å². The van der Waals surface area contributed by atoms with Gasteiger partial charge in [0.2, 0.25) is 23.4 Å². The molecule has 0 spiro atoms. The maximum atomic E-state index is 13.6. The third-order valence-corrected chi connectivity index (χ3v) is 10.9. The summed E-state index contributed by atoms with van der Waals surface area (Å²) >= 11 is 12.1. The van der Waals surface area contributed by atoms with E-state index in [4.69, 9.17) is 32.7 Å². The molecule has 296 valence electrons. The highest BCUT2D eigenvalue weighted by atomic mass is 35.5. The van der Waals surface area contributed by atoms with Crippen molar-refractivity contribution in [1.29, 1.82) is 0 Å². The normalized spacial score (nSPS) is 18.8. The molecule has 0 radical (unpaired) electrons. The van der Waals surface area contributed by atoms with Crippen LogP contribution in [0.1, 0.15) is 54.3 Å². The Morgan fingerprint density at radius 1 is 0.517 bits per heavy atom. The number of amides is 4. The predicted octanol–water partition coefficient (Wildman–Crippen LogP) is 4.65. The van der Waals surface area contributed by atoms with Gasteiger partial charge in [-0.25, -0.2) is 19.4 Å². The van der Waals surface area contributed by atoms with E-state index in [2.05, 4.69) is 0 Å². The van der Waals surface area contributed by atoms with E-state index in [-0.39, 0.29) is 56.5 Å². The molecular weight excluding hydrogens is 791 g/mol. The van der Waals surface area contributed by atoms with E-state index in [1.165, 1.54) is 60.7 Å². The van der Waals surface area contributed by atoms with Crippen molar-refractivity contribution in [3.05, 3.63) is 129 Å². The molecule has 3 aliphatic rings. The molecule has 0 N–H and O–H groups in total. The fourth-order valence-electron chi connectivity index (χ4n) is 7.16. The summed E-state index contributed by atoms with van der Waals surface area (Å²) in [6.07, 6.45) is -0.106. The highest BCUT2D eigenvalue weighted by Crippen LogP contribution is 2.30. The van der Waals surface area contributed by atoms with Gasteiger partial charge in [0, 0.05) is 37.3 Å². The summed E-state index contributed by atoms with van der Waals surface area (Å²) in [4.78, 5) is 109. The number of ketones is 2. The predicted molar refractivity (Wildman–Crippen MR) is 210 cm³/mol. The van der Waals surface area contributed by atoms with Crippen LogP contribution in [0.2, 0.25) is 10.0 Å². The SMILES string of the molecule is O=C(OCC(=O)c1ccccc1Cl)c1ccc(N2C(=O)CC(N3CCN(C4CC(=O)N(c5ccc(C(=O)OCC(=O)c6ccccc6Cl)cc5)C4=O)CC3)C2=O)cc1.